The highest BCUT2D eigenvalue weighted by atomic mass is 32.1. The number of fused-ring (bicyclic) bond motifs is 1. The average Bonchev–Trinajstić information content (AvgIpc) is 3.42. The number of rotatable bonds is 8. The van der Waals surface area contributed by atoms with E-state index in [0.717, 1.165) is 44.8 Å². The third-order valence-electron chi connectivity index (χ3n) is 6.71. The Bertz CT molecular complexity index is 1230. The summed E-state index contributed by atoms with van der Waals surface area (Å²) in [6, 6.07) is 20.3. The molecule has 0 aliphatic rings. The fraction of sp³-hybridized carbons (Fsp3) is 0.321. The van der Waals surface area contributed by atoms with Crippen LogP contribution in [0.2, 0.25) is 16.6 Å². The van der Waals surface area contributed by atoms with Crippen molar-refractivity contribution in [2.45, 2.75) is 58.2 Å². The molecule has 2 heterocycles. The molecule has 0 unspecified atom stereocenters. The van der Waals surface area contributed by atoms with Crippen LogP contribution >= 0.6 is 11.3 Å². The molecule has 4 aromatic rings. The Hall–Kier alpha value is -2.63. The van der Waals surface area contributed by atoms with Crippen molar-refractivity contribution in [3.8, 4) is 27.7 Å². The van der Waals surface area contributed by atoms with Crippen molar-refractivity contribution >= 4 is 36.7 Å². The van der Waals surface area contributed by atoms with Crippen LogP contribution in [0.4, 0.5) is 0 Å². The second kappa shape index (κ2) is 9.32. The molecular weight excluding hydrogens is 444 g/mol. The molecule has 0 spiro atoms. The largest absolute Gasteiger partial charge is 0.543 e. The molecule has 0 aliphatic heterocycles. The maximum atomic E-state index is 11.2. The summed E-state index contributed by atoms with van der Waals surface area (Å²) in [5.74, 6) is 2.59. The fourth-order valence-corrected chi connectivity index (χ4v) is 11.3. The summed E-state index contributed by atoms with van der Waals surface area (Å²) in [6.07, 6.45) is 0.883. The first-order chi connectivity index (χ1) is 15.8. The zero-order valence-electron chi connectivity index (χ0n) is 20.2. The average molecular weight is 477 g/mol. The van der Waals surface area contributed by atoms with Crippen molar-refractivity contribution in [3.63, 3.8) is 0 Å². The number of hydrogen-bond acceptors (Lipinski definition) is 4. The predicted octanol–water partition coefficient (Wildman–Crippen LogP) is 9.20. The van der Waals surface area contributed by atoms with Crippen molar-refractivity contribution in [1.29, 1.82) is 0 Å². The van der Waals surface area contributed by atoms with Crippen LogP contribution in [-0.4, -0.2) is 14.6 Å². The zero-order chi connectivity index (χ0) is 23.8. The van der Waals surface area contributed by atoms with Gasteiger partial charge in [0.05, 0.1) is 9.75 Å². The molecule has 5 heteroatoms. The predicted molar refractivity (Wildman–Crippen MR) is 142 cm³/mol. The lowest BCUT2D eigenvalue weighted by atomic mass is 10.1. The second-order valence-corrected chi connectivity index (χ2v) is 16.1. The summed E-state index contributed by atoms with van der Waals surface area (Å²) in [7, 11) is -2.00. The minimum atomic E-state index is -2.00. The van der Waals surface area contributed by atoms with E-state index in [-0.39, 0.29) is 0 Å². The summed E-state index contributed by atoms with van der Waals surface area (Å²) in [5, 5.41) is 2.12. The van der Waals surface area contributed by atoms with Crippen LogP contribution in [0.15, 0.2) is 65.1 Å². The van der Waals surface area contributed by atoms with Crippen LogP contribution in [0.3, 0.4) is 0 Å². The monoisotopic (exact) mass is 476 g/mol. The van der Waals surface area contributed by atoms with Crippen LogP contribution in [0.1, 0.15) is 51.2 Å². The van der Waals surface area contributed by atoms with Gasteiger partial charge < -0.3 is 8.84 Å². The van der Waals surface area contributed by atoms with Gasteiger partial charge in [0.15, 0.2) is 12.0 Å². The van der Waals surface area contributed by atoms with Crippen LogP contribution < -0.4 is 4.43 Å². The molecule has 0 atom stereocenters. The van der Waals surface area contributed by atoms with E-state index in [1.165, 1.54) is 11.3 Å². The number of carbonyl (C=O) groups excluding carboxylic acids is 1. The summed E-state index contributed by atoms with van der Waals surface area (Å²) in [6.45, 7) is 13.8. The SMILES string of the molecule is CC(C)[Si](Oc1ccc(-c2oc(-c3ccc(C=O)s3)c3ccccc23)cc1)(C(C)C)C(C)C. The van der Waals surface area contributed by atoms with Gasteiger partial charge in [0.2, 0.25) is 0 Å². The highest BCUT2D eigenvalue weighted by Crippen LogP contribution is 2.44. The van der Waals surface area contributed by atoms with Crippen molar-refractivity contribution in [3.05, 3.63) is 65.5 Å². The second-order valence-electron chi connectivity index (χ2n) is 9.57. The molecule has 0 radical (unpaired) electrons. The first-order valence-corrected chi connectivity index (χ1v) is 14.6. The third kappa shape index (κ3) is 4.20. The van der Waals surface area contributed by atoms with E-state index in [1.54, 1.807) is 0 Å². The number of aldehydes is 1. The molecule has 0 fully saturated rings. The number of carbonyl (C=O) groups is 1. The number of hydrogen-bond donors (Lipinski definition) is 0. The van der Waals surface area contributed by atoms with E-state index in [9.17, 15) is 4.79 Å². The number of furan rings is 1. The van der Waals surface area contributed by atoms with Crippen LogP contribution in [-0.2, 0) is 0 Å². The van der Waals surface area contributed by atoms with Gasteiger partial charge in [-0.2, -0.15) is 0 Å². The molecular formula is C28H32O3SSi. The van der Waals surface area contributed by atoms with Gasteiger partial charge in [-0.25, -0.2) is 0 Å². The molecule has 33 heavy (non-hydrogen) atoms. The molecule has 0 aliphatic carbocycles. The van der Waals surface area contributed by atoms with Crippen molar-refractivity contribution in [2.75, 3.05) is 0 Å². The van der Waals surface area contributed by atoms with E-state index in [2.05, 4.69) is 77.9 Å². The highest BCUT2D eigenvalue weighted by Gasteiger charge is 2.46. The van der Waals surface area contributed by atoms with Gasteiger partial charge in [-0.1, -0.05) is 65.8 Å². The number of thiophene rings is 1. The van der Waals surface area contributed by atoms with Gasteiger partial charge in [0, 0.05) is 16.3 Å². The molecule has 0 amide bonds. The maximum absolute atomic E-state index is 11.2. The maximum Gasteiger partial charge on any atom is 0.258 e. The van der Waals surface area contributed by atoms with E-state index in [4.69, 9.17) is 8.84 Å². The van der Waals surface area contributed by atoms with Crippen LogP contribution in [0.5, 0.6) is 5.75 Å². The van der Waals surface area contributed by atoms with E-state index in [1.807, 2.05) is 24.3 Å². The summed E-state index contributed by atoms with van der Waals surface area (Å²) in [4.78, 5) is 12.8. The lowest BCUT2D eigenvalue weighted by molar-refractivity contribution is 0.112. The molecule has 2 aromatic heterocycles. The summed E-state index contributed by atoms with van der Waals surface area (Å²) in [5.41, 5.74) is 2.59. The Morgan fingerprint density at radius 3 is 1.88 bits per heavy atom. The van der Waals surface area contributed by atoms with Gasteiger partial charge in [-0.05, 0) is 53.0 Å². The molecule has 0 bridgehead atoms. The summed E-state index contributed by atoms with van der Waals surface area (Å²) >= 11 is 1.45. The molecule has 2 aromatic carbocycles. The minimum absolute atomic E-state index is 0.524. The minimum Gasteiger partial charge on any atom is -0.543 e. The summed E-state index contributed by atoms with van der Waals surface area (Å²) < 4.78 is 13.2. The Labute approximate surface area is 201 Å². The molecule has 0 N–H and O–H groups in total. The van der Waals surface area contributed by atoms with Crippen molar-refractivity contribution in [1.82, 2.24) is 0 Å². The molecule has 4 rings (SSSR count). The first kappa shape index (κ1) is 23.5. The quantitative estimate of drug-likeness (QED) is 0.188. The normalized spacial score (nSPS) is 12.3. The van der Waals surface area contributed by atoms with Crippen LogP contribution in [0.25, 0.3) is 32.7 Å². The molecule has 0 saturated carbocycles. The lowest BCUT2D eigenvalue weighted by Gasteiger charge is -2.42. The standard InChI is InChI=1S/C28H32O3SSi/c1-18(2)33(19(3)4,20(5)6)31-22-13-11-21(12-14-22)27-24-9-7-8-10-25(24)28(30-27)26-16-15-23(17-29)32-26/h7-20H,1-6H3. The van der Waals surface area contributed by atoms with Gasteiger partial charge in [-0.15, -0.1) is 11.3 Å². The Kier molecular flexibility index (Phi) is 6.64. The van der Waals surface area contributed by atoms with Gasteiger partial charge in [-0.3, -0.25) is 4.79 Å². The van der Waals surface area contributed by atoms with Gasteiger partial charge >= 0.3 is 0 Å². The van der Waals surface area contributed by atoms with Crippen molar-refractivity contribution < 1.29 is 13.6 Å². The van der Waals surface area contributed by atoms with Crippen molar-refractivity contribution in [2.24, 2.45) is 0 Å². The first-order valence-electron chi connectivity index (χ1n) is 11.6. The molecule has 0 saturated heterocycles. The Balaban J connectivity index is 1.73. The lowest BCUT2D eigenvalue weighted by Crippen LogP contribution is -2.50. The van der Waals surface area contributed by atoms with Gasteiger partial charge in [0.1, 0.15) is 11.5 Å². The Morgan fingerprint density at radius 1 is 0.788 bits per heavy atom. The number of benzene rings is 2. The zero-order valence-corrected chi connectivity index (χ0v) is 22.0. The van der Waals surface area contributed by atoms with E-state index < -0.39 is 8.32 Å². The fourth-order valence-electron chi connectivity index (χ4n) is 5.26. The van der Waals surface area contributed by atoms with Gasteiger partial charge in [0.25, 0.3) is 8.32 Å². The topological polar surface area (TPSA) is 39.4 Å². The van der Waals surface area contributed by atoms with Crippen LogP contribution in [0, 0.1) is 0 Å². The van der Waals surface area contributed by atoms with E-state index >= 15 is 0 Å². The Morgan fingerprint density at radius 2 is 1.36 bits per heavy atom. The highest BCUT2D eigenvalue weighted by molar-refractivity contribution is 7.17. The van der Waals surface area contributed by atoms with E-state index in [0.29, 0.717) is 21.5 Å². The molecule has 3 nitrogen and oxygen atoms in total. The third-order valence-corrected chi connectivity index (χ3v) is 13.7. The smallest absolute Gasteiger partial charge is 0.258 e. The molecule has 172 valence electrons.